The van der Waals surface area contributed by atoms with Crippen LogP contribution in [-0.4, -0.2) is 27.6 Å². The number of carbonyl (C=O) groups is 2. The minimum Gasteiger partial charge on any atom is -0.466 e. The first-order valence-corrected chi connectivity index (χ1v) is 7.49. The Hall–Kier alpha value is -2.19. The molecule has 2 aromatic rings. The molecule has 0 unspecified atom stereocenters. The molecule has 2 N–H and O–H groups in total. The number of carbonyl (C=O) groups excluding carboxylic acids is 2. The third-order valence-electron chi connectivity index (χ3n) is 3.12. The second-order valence-corrected chi connectivity index (χ2v) is 6.43. The molecule has 3 rings (SSSR count). The zero-order chi connectivity index (χ0) is 15.9. The lowest BCUT2D eigenvalue weighted by Gasteiger charge is -2.32. The van der Waals surface area contributed by atoms with Crippen LogP contribution in [0.25, 0.3) is 0 Å². The number of amides is 2. The molecular weight excluding hydrogens is 328 g/mol. The molecule has 0 bridgehead atoms. The number of nitrogens with zero attached hydrogens (tertiary/aromatic N) is 2. The van der Waals surface area contributed by atoms with Crippen molar-refractivity contribution in [1.82, 2.24) is 10.2 Å². The van der Waals surface area contributed by atoms with Gasteiger partial charge in [-0.2, -0.15) is 0 Å². The SMILES string of the molecule is Cc1nnc(NC(=O)[C@@]2(C)Oc3ccc(Cl)cc3NC2=O)s1. The highest BCUT2D eigenvalue weighted by atomic mass is 35.5. The van der Waals surface area contributed by atoms with Gasteiger partial charge in [-0.15, -0.1) is 10.2 Å². The number of nitrogens with one attached hydrogen (secondary N) is 2. The summed E-state index contributed by atoms with van der Waals surface area (Å²) < 4.78 is 5.60. The van der Waals surface area contributed by atoms with Gasteiger partial charge in [-0.05, 0) is 32.0 Å². The van der Waals surface area contributed by atoms with Gasteiger partial charge in [-0.1, -0.05) is 22.9 Å². The van der Waals surface area contributed by atoms with Gasteiger partial charge in [0.15, 0.2) is 0 Å². The van der Waals surface area contributed by atoms with Crippen molar-refractivity contribution in [2.75, 3.05) is 10.6 Å². The Morgan fingerprint density at radius 3 is 2.91 bits per heavy atom. The van der Waals surface area contributed by atoms with E-state index < -0.39 is 17.4 Å². The molecule has 0 saturated heterocycles. The first-order chi connectivity index (χ1) is 10.4. The van der Waals surface area contributed by atoms with Crippen LogP contribution in [0.2, 0.25) is 5.02 Å². The van der Waals surface area contributed by atoms with E-state index in [1.165, 1.54) is 18.3 Å². The van der Waals surface area contributed by atoms with Crippen molar-refractivity contribution in [3.63, 3.8) is 0 Å². The second kappa shape index (κ2) is 5.22. The molecule has 7 nitrogen and oxygen atoms in total. The average Bonchev–Trinajstić information content (AvgIpc) is 2.86. The van der Waals surface area contributed by atoms with Crippen LogP contribution in [0.15, 0.2) is 18.2 Å². The Kier molecular flexibility index (Phi) is 3.50. The maximum Gasteiger partial charge on any atom is 0.280 e. The highest BCUT2D eigenvalue weighted by Gasteiger charge is 2.47. The number of halogens is 1. The lowest BCUT2D eigenvalue weighted by Crippen LogP contribution is -2.56. The van der Waals surface area contributed by atoms with E-state index in [2.05, 4.69) is 20.8 Å². The predicted molar refractivity (Wildman–Crippen MR) is 82.4 cm³/mol. The molecule has 0 saturated carbocycles. The minimum absolute atomic E-state index is 0.307. The fraction of sp³-hybridized carbons (Fsp3) is 0.231. The Morgan fingerprint density at radius 2 is 2.23 bits per heavy atom. The molecule has 114 valence electrons. The molecule has 2 amide bonds. The highest BCUT2D eigenvalue weighted by Crippen LogP contribution is 2.36. The van der Waals surface area contributed by atoms with Crippen molar-refractivity contribution < 1.29 is 14.3 Å². The summed E-state index contributed by atoms with van der Waals surface area (Å²) in [6.45, 7) is 3.15. The highest BCUT2D eigenvalue weighted by molar-refractivity contribution is 7.15. The van der Waals surface area contributed by atoms with Gasteiger partial charge in [0.2, 0.25) is 5.13 Å². The summed E-state index contributed by atoms with van der Waals surface area (Å²) >= 11 is 7.08. The van der Waals surface area contributed by atoms with Crippen LogP contribution in [0.1, 0.15) is 11.9 Å². The van der Waals surface area contributed by atoms with Gasteiger partial charge < -0.3 is 10.1 Å². The maximum atomic E-state index is 12.4. The van der Waals surface area contributed by atoms with Gasteiger partial charge in [0, 0.05) is 5.02 Å². The molecule has 1 atom stereocenters. The minimum atomic E-state index is -1.71. The summed E-state index contributed by atoms with van der Waals surface area (Å²) in [6, 6.07) is 4.77. The number of ether oxygens (including phenoxy) is 1. The fourth-order valence-electron chi connectivity index (χ4n) is 1.91. The van der Waals surface area contributed by atoms with Crippen LogP contribution in [0, 0.1) is 6.92 Å². The summed E-state index contributed by atoms with van der Waals surface area (Å²) in [5.41, 5.74) is -1.28. The van der Waals surface area contributed by atoms with Crippen molar-refractivity contribution in [1.29, 1.82) is 0 Å². The lowest BCUT2D eigenvalue weighted by atomic mass is 10.0. The molecular formula is C13H11ClN4O3S. The Bertz CT molecular complexity index is 778. The number of fused-ring (bicyclic) bond motifs is 1. The zero-order valence-corrected chi connectivity index (χ0v) is 13.2. The number of benzene rings is 1. The van der Waals surface area contributed by atoms with E-state index in [0.29, 0.717) is 26.6 Å². The van der Waals surface area contributed by atoms with Gasteiger partial charge in [0.1, 0.15) is 10.8 Å². The van der Waals surface area contributed by atoms with Crippen molar-refractivity contribution >= 4 is 45.6 Å². The monoisotopic (exact) mass is 338 g/mol. The molecule has 2 heterocycles. The normalized spacial score (nSPS) is 19.9. The molecule has 0 radical (unpaired) electrons. The first-order valence-electron chi connectivity index (χ1n) is 6.30. The Balaban J connectivity index is 1.87. The third-order valence-corrected chi connectivity index (χ3v) is 4.11. The van der Waals surface area contributed by atoms with Crippen molar-refractivity contribution in [2.24, 2.45) is 0 Å². The lowest BCUT2D eigenvalue weighted by molar-refractivity contribution is -0.143. The molecule has 0 fully saturated rings. The second-order valence-electron chi connectivity index (χ2n) is 4.81. The van der Waals surface area contributed by atoms with Gasteiger partial charge in [0.05, 0.1) is 5.69 Å². The van der Waals surface area contributed by atoms with E-state index in [9.17, 15) is 9.59 Å². The number of anilines is 2. The van der Waals surface area contributed by atoms with Crippen LogP contribution < -0.4 is 15.4 Å². The van der Waals surface area contributed by atoms with Crippen molar-refractivity contribution in [3.05, 3.63) is 28.2 Å². The van der Waals surface area contributed by atoms with E-state index in [1.54, 1.807) is 25.1 Å². The molecule has 0 aliphatic carbocycles. The van der Waals surface area contributed by atoms with Crippen molar-refractivity contribution in [2.45, 2.75) is 19.4 Å². The van der Waals surface area contributed by atoms with E-state index in [4.69, 9.17) is 16.3 Å². The summed E-state index contributed by atoms with van der Waals surface area (Å²) in [5, 5.41) is 14.2. The third kappa shape index (κ3) is 2.51. The van der Waals surface area contributed by atoms with E-state index in [0.717, 1.165) is 0 Å². The predicted octanol–water partition coefficient (Wildman–Crippen LogP) is 2.23. The Labute approximate surface area is 134 Å². The van der Waals surface area contributed by atoms with E-state index >= 15 is 0 Å². The van der Waals surface area contributed by atoms with E-state index in [1.807, 2.05) is 0 Å². The number of hydrogen-bond acceptors (Lipinski definition) is 6. The topological polar surface area (TPSA) is 93.2 Å². The summed E-state index contributed by atoms with van der Waals surface area (Å²) in [5.74, 6) is -0.835. The largest absolute Gasteiger partial charge is 0.466 e. The number of rotatable bonds is 2. The van der Waals surface area contributed by atoms with Crippen LogP contribution in [0.3, 0.4) is 0 Å². The molecule has 1 aliphatic heterocycles. The van der Waals surface area contributed by atoms with Crippen LogP contribution in [0.5, 0.6) is 5.75 Å². The van der Waals surface area contributed by atoms with Crippen LogP contribution in [0.4, 0.5) is 10.8 Å². The van der Waals surface area contributed by atoms with Gasteiger partial charge >= 0.3 is 0 Å². The zero-order valence-electron chi connectivity index (χ0n) is 11.6. The first kappa shape index (κ1) is 14.7. The standard InChI is InChI=1S/C13H11ClN4O3S/c1-6-17-18-12(22-6)16-11(20)13(2)10(19)15-8-5-7(14)3-4-9(8)21-13/h3-5H,1-2H3,(H,15,19)(H,16,18,20)/t13-/m0/s1. The summed E-state index contributed by atoms with van der Waals surface area (Å²) in [4.78, 5) is 24.7. The van der Waals surface area contributed by atoms with Crippen LogP contribution >= 0.6 is 22.9 Å². The quantitative estimate of drug-likeness (QED) is 0.819. The average molecular weight is 339 g/mol. The summed E-state index contributed by atoms with van der Waals surface area (Å²) in [7, 11) is 0. The van der Waals surface area contributed by atoms with Crippen LogP contribution in [-0.2, 0) is 9.59 Å². The molecule has 9 heteroatoms. The Morgan fingerprint density at radius 1 is 1.45 bits per heavy atom. The molecule has 1 aromatic heterocycles. The number of aryl methyl sites for hydroxylation is 1. The number of aromatic nitrogens is 2. The van der Waals surface area contributed by atoms with Gasteiger partial charge in [-0.25, -0.2) is 0 Å². The molecule has 22 heavy (non-hydrogen) atoms. The fourth-order valence-corrected chi connectivity index (χ4v) is 2.67. The molecule has 1 aromatic carbocycles. The molecule has 0 spiro atoms. The van der Waals surface area contributed by atoms with Gasteiger partial charge in [-0.3, -0.25) is 14.9 Å². The molecule has 1 aliphatic rings. The van der Waals surface area contributed by atoms with Gasteiger partial charge in [0.25, 0.3) is 17.4 Å². The number of hydrogen-bond donors (Lipinski definition) is 2. The maximum absolute atomic E-state index is 12.4. The smallest absolute Gasteiger partial charge is 0.280 e. The van der Waals surface area contributed by atoms with Crippen molar-refractivity contribution in [3.8, 4) is 5.75 Å². The van der Waals surface area contributed by atoms with E-state index in [-0.39, 0.29) is 0 Å². The summed E-state index contributed by atoms with van der Waals surface area (Å²) in [6.07, 6.45) is 0.